The van der Waals surface area contributed by atoms with Gasteiger partial charge in [0, 0.05) is 49.2 Å². The van der Waals surface area contributed by atoms with Gasteiger partial charge in [-0.2, -0.15) is 0 Å². The van der Waals surface area contributed by atoms with E-state index in [0.29, 0.717) is 18.8 Å². The van der Waals surface area contributed by atoms with Crippen molar-refractivity contribution in [1.82, 2.24) is 20.4 Å². The molecule has 0 saturated carbocycles. The summed E-state index contributed by atoms with van der Waals surface area (Å²) >= 11 is 0. The number of methoxy groups -OCH3 is 1. The lowest BCUT2D eigenvalue weighted by Crippen LogP contribution is -2.48. The number of amides is 1. The fourth-order valence-corrected chi connectivity index (χ4v) is 3.33. The van der Waals surface area contributed by atoms with Gasteiger partial charge in [0.25, 0.3) is 5.91 Å². The Morgan fingerprint density at radius 3 is 3.00 bits per heavy atom. The minimum atomic E-state index is -0.161. The zero-order valence-electron chi connectivity index (χ0n) is 15.0. The molecule has 3 heterocycles. The van der Waals surface area contributed by atoms with Crippen LogP contribution in [0.25, 0.3) is 11.3 Å². The smallest absolute Gasteiger partial charge is 0.276 e. The Hall–Kier alpha value is -3.19. The molecule has 1 aromatic carbocycles. The highest BCUT2D eigenvalue weighted by Crippen LogP contribution is 2.31. The Morgan fingerprint density at radius 2 is 2.19 bits per heavy atom. The highest BCUT2D eigenvalue weighted by molar-refractivity contribution is 5.93. The van der Waals surface area contributed by atoms with E-state index in [1.54, 1.807) is 25.6 Å². The van der Waals surface area contributed by atoms with Crippen LogP contribution in [0.3, 0.4) is 0 Å². The topological polar surface area (TPSA) is 80.5 Å². The van der Waals surface area contributed by atoms with Crippen LogP contribution in [0.5, 0.6) is 5.75 Å². The van der Waals surface area contributed by atoms with Crippen molar-refractivity contribution in [3.63, 3.8) is 0 Å². The number of piperazine rings is 1. The first-order valence-electron chi connectivity index (χ1n) is 8.79. The summed E-state index contributed by atoms with van der Waals surface area (Å²) < 4.78 is 10.9. The van der Waals surface area contributed by atoms with Crippen LogP contribution in [0.2, 0.25) is 0 Å². The molecule has 1 amide bonds. The number of rotatable bonds is 4. The Bertz CT molecular complexity index is 926. The number of ether oxygens (including phenoxy) is 1. The minimum Gasteiger partial charge on any atom is -0.496 e. The van der Waals surface area contributed by atoms with Gasteiger partial charge >= 0.3 is 0 Å². The first-order valence-corrected chi connectivity index (χ1v) is 8.79. The average molecular weight is 364 g/mol. The van der Waals surface area contributed by atoms with E-state index in [4.69, 9.17) is 9.26 Å². The predicted octanol–water partition coefficient (Wildman–Crippen LogP) is 2.53. The molecule has 0 aliphatic carbocycles. The van der Waals surface area contributed by atoms with Crippen molar-refractivity contribution in [2.75, 3.05) is 26.7 Å². The predicted molar refractivity (Wildman–Crippen MR) is 99.4 cm³/mol. The number of carbonyl (C=O) groups excluding carboxylic acids is 1. The van der Waals surface area contributed by atoms with Crippen molar-refractivity contribution in [1.29, 1.82) is 0 Å². The van der Waals surface area contributed by atoms with Gasteiger partial charge in [-0.05, 0) is 18.2 Å². The molecule has 1 fully saturated rings. The molecule has 4 rings (SSSR count). The fraction of sp³-hybridized carbons (Fsp3) is 0.250. The molecule has 1 atom stereocenters. The van der Waals surface area contributed by atoms with E-state index in [0.717, 1.165) is 23.4 Å². The lowest BCUT2D eigenvalue weighted by Gasteiger charge is -2.36. The van der Waals surface area contributed by atoms with E-state index in [1.807, 2.05) is 41.3 Å². The molecular formula is C20H20N4O3. The largest absolute Gasteiger partial charge is 0.496 e. The van der Waals surface area contributed by atoms with Gasteiger partial charge in [0.15, 0.2) is 11.5 Å². The van der Waals surface area contributed by atoms with Crippen LogP contribution in [-0.4, -0.2) is 47.7 Å². The molecule has 1 unspecified atom stereocenters. The van der Waals surface area contributed by atoms with Crippen LogP contribution in [0.15, 0.2) is 59.4 Å². The molecule has 2 aromatic heterocycles. The third-order valence-corrected chi connectivity index (χ3v) is 4.68. The summed E-state index contributed by atoms with van der Waals surface area (Å²) in [6.45, 7) is 1.96. The number of benzene rings is 1. The zero-order valence-corrected chi connectivity index (χ0v) is 15.0. The number of nitrogens with one attached hydrogen (secondary N) is 1. The van der Waals surface area contributed by atoms with Crippen LogP contribution < -0.4 is 10.1 Å². The Kier molecular flexibility index (Phi) is 4.84. The van der Waals surface area contributed by atoms with Crippen LogP contribution in [0.1, 0.15) is 22.1 Å². The summed E-state index contributed by atoms with van der Waals surface area (Å²) in [7, 11) is 1.64. The monoisotopic (exact) mass is 364 g/mol. The molecule has 7 heteroatoms. The standard InChI is InChI=1S/C20H20N4O3/c1-26-18-7-3-2-6-15(18)17-13-22-9-10-24(17)20(25)16-11-19(27-23-16)14-5-4-8-21-12-14/h2-8,11-12,17,22H,9-10,13H2,1H3. The normalized spacial score (nSPS) is 16.9. The average Bonchev–Trinajstić information content (AvgIpc) is 3.24. The Morgan fingerprint density at radius 1 is 1.30 bits per heavy atom. The molecule has 7 nitrogen and oxygen atoms in total. The maximum absolute atomic E-state index is 13.1. The lowest BCUT2D eigenvalue weighted by atomic mass is 10.0. The molecule has 0 radical (unpaired) electrons. The molecule has 3 aromatic rings. The van der Waals surface area contributed by atoms with Gasteiger partial charge in [0.05, 0.1) is 13.2 Å². The molecule has 0 spiro atoms. The van der Waals surface area contributed by atoms with Gasteiger partial charge in [0.2, 0.25) is 0 Å². The van der Waals surface area contributed by atoms with Gasteiger partial charge in [0.1, 0.15) is 5.75 Å². The van der Waals surface area contributed by atoms with Gasteiger partial charge in [-0.15, -0.1) is 0 Å². The minimum absolute atomic E-state index is 0.138. The van der Waals surface area contributed by atoms with Crippen LogP contribution in [0.4, 0.5) is 0 Å². The van der Waals surface area contributed by atoms with Gasteiger partial charge in [-0.3, -0.25) is 9.78 Å². The van der Waals surface area contributed by atoms with Crippen LogP contribution in [0, 0.1) is 0 Å². The SMILES string of the molecule is COc1ccccc1C1CNCCN1C(=O)c1cc(-c2cccnc2)on1. The lowest BCUT2D eigenvalue weighted by molar-refractivity contribution is 0.0621. The summed E-state index contributed by atoms with van der Waals surface area (Å²) in [5, 5.41) is 7.34. The van der Waals surface area contributed by atoms with E-state index < -0.39 is 0 Å². The number of para-hydroxylation sites is 1. The van der Waals surface area contributed by atoms with E-state index in [-0.39, 0.29) is 17.6 Å². The maximum Gasteiger partial charge on any atom is 0.276 e. The number of carbonyl (C=O) groups is 1. The van der Waals surface area contributed by atoms with Crippen LogP contribution in [-0.2, 0) is 0 Å². The summed E-state index contributed by atoms with van der Waals surface area (Å²) in [4.78, 5) is 19.0. The van der Waals surface area contributed by atoms with Gasteiger partial charge < -0.3 is 19.5 Å². The van der Waals surface area contributed by atoms with E-state index >= 15 is 0 Å². The molecule has 1 saturated heterocycles. The molecule has 138 valence electrons. The van der Waals surface area contributed by atoms with Crippen molar-refractivity contribution in [3.05, 3.63) is 66.1 Å². The highest BCUT2D eigenvalue weighted by atomic mass is 16.5. The van der Waals surface area contributed by atoms with Crippen LogP contribution >= 0.6 is 0 Å². The number of pyridine rings is 1. The molecule has 27 heavy (non-hydrogen) atoms. The fourth-order valence-electron chi connectivity index (χ4n) is 3.33. The first kappa shape index (κ1) is 17.2. The zero-order chi connectivity index (χ0) is 18.6. The third kappa shape index (κ3) is 3.41. The number of aromatic nitrogens is 2. The first-order chi connectivity index (χ1) is 13.3. The quantitative estimate of drug-likeness (QED) is 0.766. The molecular weight excluding hydrogens is 344 g/mol. The molecule has 0 bridgehead atoms. The molecule has 1 aliphatic rings. The van der Waals surface area contributed by atoms with E-state index in [9.17, 15) is 4.79 Å². The second-order valence-corrected chi connectivity index (χ2v) is 6.28. The van der Waals surface area contributed by atoms with Crippen molar-refractivity contribution < 1.29 is 14.1 Å². The Labute approximate surface area is 156 Å². The van der Waals surface area contributed by atoms with Gasteiger partial charge in [-0.1, -0.05) is 23.4 Å². The summed E-state index contributed by atoms with van der Waals surface area (Å²) in [5.74, 6) is 1.13. The number of hydrogen-bond acceptors (Lipinski definition) is 6. The van der Waals surface area contributed by atoms with E-state index in [1.165, 1.54) is 0 Å². The summed E-state index contributed by atoms with van der Waals surface area (Å²) in [6.07, 6.45) is 3.36. The molecule has 1 N–H and O–H groups in total. The molecule has 1 aliphatic heterocycles. The highest BCUT2D eigenvalue weighted by Gasteiger charge is 2.32. The number of nitrogens with zero attached hydrogens (tertiary/aromatic N) is 3. The number of hydrogen-bond donors (Lipinski definition) is 1. The van der Waals surface area contributed by atoms with Crippen molar-refractivity contribution in [2.45, 2.75) is 6.04 Å². The van der Waals surface area contributed by atoms with Crippen molar-refractivity contribution >= 4 is 5.91 Å². The summed E-state index contributed by atoms with van der Waals surface area (Å²) in [5.41, 5.74) is 2.04. The summed E-state index contributed by atoms with van der Waals surface area (Å²) in [6, 6.07) is 13.0. The second kappa shape index (κ2) is 7.59. The van der Waals surface area contributed by atoms with Crippen molar-refractivity contribution in [3.8, 4) is 17.1 Å². The second-order valence-electron chi connectivity index (χ2n) is 6.28. The van der Waals surface area contributed by atoms with Gasteiger partial charge in [-0.25, -0.2) is 0 Å². The van der Waals surface area contributed by atoms with E-state index in [2.05, 4.69) is 15.5 Å². The third-order valence-electron chi connectivity index (χ3n) is 4.68. The Balaban J connectivity index is 1.63. The van der Waals surface area contributed by atoms with Crippen molar-refractivity contribution in [2.24, 2.45) is 0 Å². The maximum atomic E-state index is 13.1.